The van der Waals surface area contributed by atoms with Gasteiger partial charge >= 0.3 is 6.36 Å². The number of rotatable bonds is 9. The van der Waals surface area contributed by atoms with Crippen molar-refractivity contribution < 1.29 is 36.7 Å². The third-order valence-electron chi connectivity index (χ3n) is 6.26. The van der Waals surface area contributed by atoms with Gasteiger partial charge in [-0.2, -0.15) is 5.10 Å². The fraction of sp³-hybridized carbons (Fsp3) is 0.440. The summed E-state index contributed by atoms with van der Waals surface area (Å²) in [5, 5.41) is 4.81. The van der Waals surface area contributed by atoms with Crippen molar-refractivity contribution in [2.45, 2.75) is 58.2 Å². The summed E-state index contributed by atoms with van der Waals surface area (Å²) in [5.74, 6) is -0.846. The highest BCUT2D eigenvalue weighted by atomic mass is 19.4. The van der Waals surface area contributed by atoms with Crippen LogP contribution in [0.25, 0.3) is 22.0 Å². The van der Waals surface area contributed by atoms with Gasteiger partial charge in [0.1, 0.15) is 24.2 Å². The number of likely N-dealkylation sites (tertiary alicyclic amines) is 1. The predicted molar refractivity (Wildman–Crippen MR) is 127 cm³/mol. The first-order valence-electron chi connectivity index (χ1n) is 11.9. The normalized spacial score (nSPS) is 17.8. The number of aryl methyl sites for hydroxylation is 1. The van der Waals surface area contributed by atoms with Crippen LogP contribution in [0.4, 0.5) is 17.6 Å². The maximum Gasteiger partial charge on any atom is 0.522 e. The molecule has 1 aliphatic rings. The molecule has 1 fully saturated rings. The number of carbonyl (C=O) groups is 3. The van der Waals surface area contributed by atoms with Crippen LogP contribution >= 0.6 is 0 Å². The molecule has 202 valence electrons. The monoisotopic (exact) mass is 535 g/mol. The molecule has 0 saturated carbocycles. The van der Waals surface area contributed by atoms with Crippen molar-refractivity contribution in [1.29, 1.82) is 0 Å². The number of aromatic nitrogens is 4. The van der Waals surface area contributed by atoms with E-state index in [9.17, 15) is 31.9 Å². The second-order valence-electron chi connectivity index (χ2n) is 9.07. The lowest BCUT2D eigenvalue weighted by Crippen LogP contribution is -2.42. The van der Waals surface area contributed by atoms with Crippen LogP contribution in [-0.4, -0.2) is 73.8 Å². The first-order valence-corrected chi connectivity index (χ1v) is 11.9. The summed E-state index contributed by atoms with van der Waals surface area (Å²) < 4.78 is 55.7. The van der Waals surface area contributed by atoms with Gasteiger partial charge in [-0.05, 0) is 31.0 Å². The molecule has 0 radical (unpaired) electrons. The number of ether oxygens (including phenoxy) is 1. The van der Waals surface area contributed by atoms with E-state index in [0.29, 0.717) is 16.7 Å². The fourth-order valence-corrected chi connectivity index (χ4v) is 4.47. The zero-order valence-corrected chi connectivity index (χ0v) is 20.7. The molecule has 0 bridgehead atoms. The number of carbonyl (C=O) groups excluding carboxylic acids is 3. The van der Waals surface area contributed by atoms with Crippen molar-refractivity contribution in [3.63, 3.8) is 0 Å². The third-order valence-corrected chi connectivity index (χ3v) is 6.26. The topological polar surface area (TPSA) is 107 Å². The van der Waals surface area contributed by atoms with Crippen LogP contribution < -0.4 is 0 Å². The van der Waals surface area contributed by atoms with Crippen molar-refractivity contribution in [1.82, 2.24) is 24.6 Å². The number of nitrogens with zero attached hydrogens (tertiary/aromatic N) is 5. The summed E-state index contributed by atoms with van der Waals surface area (Å²) in [4.78, 5) is 47.5. The van der Waals surface area contributed by atoms with E-state index in [1.54, 1.807) is 37.5 Å². The molecule has 4 rings (SSSR count). The number of Topliss-reactive ketones (excluding diaryl/α,β-unsaturated/α-hetero) is 2. The molecule has 3 heterocycles. The summed E-state index contributed by atoms with van der Waals surface area (Å²) >= 11 is 0. The highest BCUT2D eigenvalue weighted by molar-refractivity contribution is 6.06. The van der Waals surface area contributed by atoms with Crippen LogP contribution in [0.15, 0.2) is 30.6 Å². The lowest BCUT2D eigenvalue weighted by atomic mass is 10.0. The molecule has 38 heavy (non-hydrogen) atoms. The van der Waals surface area contributed by atoms with Crippen LogP contribution in [0.1, 0.15) is 42.5 Å². The SMILES string of the molecule is CC(=O)c1nn(CC(=O)N2C[C@H](F)C[C@H]2C(=O)CCCOC(F)(F)F)c2ccc(-c3cnc(C)nc3)cc12. The zero-order valence-electron chi connectivity index (χ0n) is 20.7. The molecule has 1 saturated heterocycles. The standard InChI is InChI=1S/C25H25F4N5O4/c1-14(35)24-19-8-16(17-10-30-15(2)31-11-17)5-6-20(19)34(32-24)13-23(37)33-12-18(26)9-21(33)22(36)4-3-7-38-25(27,28)29/h5-6,8,10-11,18,21H,3-4,7,9,12-13H2,1-2H3/t18-,21+/m1/s1. The van der Waals surface area contributed by atoms with Crippen LogP contribution in [0.2, 0.25) is 0 Å². The Hall–Kier alpha value is -3.74. The molecule has 0 aliphatic carbocycles. The first-order chi connectivity index (χ1) is 17.9. The smallest absolute Gasteiger partial charge is 0.328 e. The van der Waals surface area contributed by atoms with E-state index < -0.39 is 36.9 Å². The van der Waals surface area contributed by atoms with Crippen LogP contribution in [0.3, 0.4) is 0 Å². The summed E-state index contributed by atoms with van der Waals surface area (Å²) in [5.41, 5.74) is 2.10. The molecule has 1 aliphatic heterocycles. The Kier molecular flexibility index (Phi) is 7.86. The molecule has 1 amide bonds. The quantitative estimate of drug-likeness (QED) is 0.233. The molecule has 9 nitrogen and oxygen atoms in total. The van der Waals surface area contributed by atoms with Crippen molar-refractivity contribution >= 4 is 28.4 Å². The van der Waals surface area contributed by atoms with Crippen molar-refractivity contribution in [3.05, 3.63) is 42.1 Å². The predicted octanol–water partition coefficient (Wildman–Crippen LogP) is 3.83. The minimum absolute atomic E-state index is 0.143. The average Bonchev–Trinajstić information content (AvgIpc) is 3.42. The summed E-state index contributed by atoms with van der Waals surface area (Å²) in [6.45, 7) is 1.72. The Bertz CT molecular complexity index is 1360. The highest BCUT2D eigenvalue weighted by Crippen LogP contribution is 2.28. The molecule has 2 aromatic heterocycles. The minimum Gasteiger partial charge on any atom is -0.328 e. The molecule has 1 aromatic carbocycles. The number of halogens is 4. The van der Waals surface area contributed by atoms with Gasteiger partial charge in [0, 0.05) is 43.1 Å². The van der Waals surface area contributed by atoms with Crippen LogP contribution in [-0.2, 0) is 20.9 Å². The number of hydrogen-bond acceptors (Lipinski definition) is 7. The first kappa shape index (κ1) is 27.3. The Morgan fingerprint density at radius 3 is 2.50 bits per heavy atom. The maximum atomic E-state index is 14.2. The molecule has 3 aromatic rings. The number of benzene rings is 1. The van der Waals surface area contributed by atoms with Gasteiger partial charge < -0.3 is 4.90 Å². The minimum atomic E-state index is -4.80. The highest BCUT2D eigenvalue weighted by Gasteiger charge is 2.39. The van der Waals surface area contributed by atoms with E-state index >= 15 is 0 Å². The number of alkyl halides is 4. The van der Waals surface area contributed by atoms with Gasteiger partial charge in [-0.3, -0.25) is 23.8 Å². The van der Waals surface area contributed by atoms with E-state index in [1.807, 2.05) is 0 Å². The maximum absolute atomic E-state index is 14.2. The van der Waals surface area contributed by atoms with E-state index in [2.05, 4.69) is 19.8 Å². The van der Waals surface area contributed by atoms with Gasteiger partial charge in [-0.1, -0.05) is 6.07 Å². The summed E-state index contributed by atoms with van der Waals surface area (Å²) in [6, 6.07) is 4.12. The lowest BCUT2D eigenvalue weighted by molar-refractivity contribution is -0.324. The van der Waals surface area contributed by atoms with E-state index in [-0.39, 0.29) is 43.8 Å². The second kappa shape index (κ2) is 10.9. The number of hydrogen-bond donors (Lipinski definition) is 0. The average molecular weight is 535 g/mol. The fourth-order valence-electron chi connectivity index (χ4n) is 4.47. The number of fused-ring (bicyclic) bond motifs is 1. The third kappa shape index (κ3) is 6.21. The molecule has 0 N–H and O–H groups in total. The van der Waals surface area contributed by atoms with Crippen LogP contribution in [0.5, 0.6) is 0 Å². The van der Waals surface area contributed by atoms with Gasteiger partial charge in [0.2, 0.25) is 5.91 Å². The molecular formula is C25H25F4N5O4. The Labute approximate surface area is 214 Å². The van der Waals surface area contributed by atoms with Gasteiger partial charge in [0.15, 0.2) is 11.6 Å². The Morgan fingerprint density at radius 1 is 1.13 bits per heavy atom. The Balaban J connectivity index is 1.53. The molecule has 13 heteroatoms. The number of ketones is 2. The molecule has 2 atom stereocenters. The van der Waals surface area contributed by atoms with Crippen LogP contribution in [0, 0.1) is 6.92 Å². The van der Waals surface area contributed by atoms with Crippen molar-refractivity contribution in [2.24, 2.45) is 0 Å². The lowest BCUT2D eigenvalue weighted by Gasteiger charge is -2.23. The molecular weight excluding hydrogens is 510 g/mol. The van der Waals surface area contributed by atoms with E-state index in [1.165, 1.54) is 11.6 Å². The molecule has 0 spiro atoms. The van der Waals surface area contributed by atoms with E-state index in [0.717, 1.165) is 16.0 Å². The second-order valence-corrected chi connectivity index (χ2v) is 9.07. The van der Waals surface area contributed by atoms with Crippen molar-refractivity contribution in [3.8, 4) is 11.1 Å². The molecule has 0 unspecified atom stereocenters. The van der Waals surface area contributed by atoms with Gasteiger partial charge in [0.25, 0.3) is 0 Å². The van der Waals surface area contributed by atoms with Gasteiger partial charge in [0.05, 0.1) is 24.7 Å². The summed E-state index contributed by atoms with van der Waals surface area (Å²) in [7, 11) is 0. The number of amides is 1. The van der Waals surface area contributed by atoms with E-state index in [4.69, 9.17) is 0 Å². The largest absolute Gasteiger partial charge is 0.522 e. The zero-order chi connectivity index (χ0) is 27.6. The van der Waals surface area contributed by atoms with Crippen molar-refractivity contribution in [2.75, 3.05) is 13.2 Å². The van der Waals surface area contributed by atoms with Gasteiger partial charge in [-0.15, -0.1) is 13.2 Å². The van der Waals surface area contributed by atoms with Gasteiger partial charge in [-0.25, -0.2) is 14.4 Å². The Morgan fingerprint density at radius 2 is 1.84 bits per heavy atom. The summed E-state index contributed by atoms with van der Waals surface area (Å²) in [6.07, 6.45) is -3.68.